The fourth-order valence-corrected chi connectivity index (χ4v) is 4.92. The normalized spacial score (nSPS) is 19.6. The van der Waals surface area contributed by atoms with Crippen LogP contribution in [0.3, 0.4) is 0 Å². The van der Waals surface area contributed by atoms with Gasteiger partial charge in [-0.05, 0) is 77.1 Å². The van der Waals surface area contributed by atoms with E-state index < -0.39 is 18.3 Å². The standard InChI is InChI=1S/C23H32F3N5O3/c1-22(2,3)34-21(33)30-10-6-17(7-11-30)31-18-12-16(13-27-19(18)28-20(31)32)15-4-8-29(9-5-15)14-23(24,25)26/h12-13,15,17H,4-11,14H2,1-3H3,(H,27,28,32). The summed E-state index contributed by atoms with van der Waals surface area (Å²) in [6, 6.07) is 1.87. The van der Waals surface area contributed by atoms with E-state index in [4.69, 9.17) is 4.74 Å². The van der Waals surface area contributed by atoms with Crippen molar-refractivity contribution in [1.82, 2.24) is 24.3 Å². The zero-order valence-electron chi connectivity index (χ0n) is 19.8. The minimum Gasteiger partial charge on any atom is -0.444 e. The molecule has 0 saturated carbocycles. The van der Waals surface area contributed by atoms with Crippen molar-refractivity contribution < 1.29 is 22.7 Å². The molecule has 0 spiro atoms. The number of alkyl halides is 3. The number of aromatic nitrogens is 3. The minimum absolute atomic E-state index is 0.0781. The number of hydrogen-bond acceptors (Lipinski definition) is 5. The Morgan fingerprint density at radius 2 is 1.76 bits per heavy atom. The molecule has 2 aromatic heterocycles. The molecule has 8 nitrogen and oxygen atoms in total. The smallest absolute Gasteiger partial charge is 0.410 e. The number of nitrogens with one attached hydrogen (secondary N) is 1. The molecule has 4 heterocycles. The molecule has 0 radical (unpaired) electrons. The topological polar surface area (TPSA) is 83.5 Å². The highest BCUT2D eigenvalue weighted by atomic mass is 19.4. The number of H-pyrrole nitrogens is 1. The molecule has 1 N–H and O–H groups in total. The summed E-state index contributed by atoms with van der Waals surface area (Å²) in [5, 5.41) is 0. The molecule has 2 aliphatic rings. The molecule has 0 aliphatic carbocycles. The number of carbonyl (C=O) groups is 1. The third-order valence-electron chi connectivity index (χ3n) is 6.54. The van der Waals surface area contributed by atoms with Crippen LogP contribution in [-0.4, -0.2) is 74.9 Å². The van der Waals surface area contributed by atoms with E-state index in [-0.39, 0.29) is 23.7 Å². The van der Waals surface area contributed by atoms with Gasteiger partial charge in [0.25, 0.3) is 0 Å². The molecule has 2 aliphatic heterocycles. The van der Waals surface area contributed by atoms with Crippen molar-refractivity contribution >= 4 is 17.3 Å². The van der Waals surface area contributed by atoms with Crippen LogP contribution in [0.25, 0.3) is 11.2 Å². The fraction of sp³-hybridized carbons (Fsp3) is 0.696. The predicted octanol–water partition coefficient (Wildman–Crippen LogP) is 4.04. The van der Waals surface area contributed by atoms with Crippen LogP contribution in [0.5, 0.6) is 0 Å². The summed E-state index contributed by atoms with van der Waals surface area (Å²) in [6.07, 6.45) is -0.347. The van der Waals surface area contributed by atoms with Crippen molar-refractivity contribution in [3.63, 3.8) is 0 Å². The minimum atomic E-state index is -4.19. The first-order valence-corrected chi connectivity index (χ1v) is 11.8. The van der Waals surface area contributed by atoms with Crippen molar-refractivity contribution in [2.45, 2.75) is 70.2 Å². The van der Waals surface area contributed by atoms with Crippen molar-refractivity contribution in [2.75, 3.05) is 32.7 Å². The Morgan fingerprint density at radius 1 is 1.12 bits per heavy atom. The van der Waals surface area contributed by atoms with Crippen LogP contribution in [0.1, 0.15) is 64.0 Å². The van der Waals surface area contributed by atoms with Gasteiger partial charge in [0.2, 0.25) is 0 Å². The SMILES string of the molecule is CC(C)(C)OC(=O)N1CCC(n2c(=O)[nH]c3ncc(C4CCN(CC(F)(F)F)CC4)cc32)CC1. The number of hydrogen-bond donors (Lipinski definition) is 1. The highest BCUT2D eigenvalue weighted by Gasteiger charge is 2.33. The second-order valence-electron chi connectivity index (χ2n) is 10.3. The predicted molar refractivity (Wildman–Crippen MR) is 121 cm³/mol. The molecule has 34 heavy (non-hydrogen) atoms. The molecule has 0 aromatic carbocycles. The number of halogens is 3. The van der Waals surface area contributed by atoms with Crippen LogP contribution in [0.15, 0.2) is 17.1 Å². The van der Waals surface area contributed by atoms with Gasteiger partial charge in [0.05, 0.1) is 12.1 Å². The third-order valence-corrected chi connectivity index (χ3v) is 6.54. The van der Waals surface area contributed by atoms with Crippen molar-refractivity contribution in [3.05, 3.63) is 28.3 Å². The first kappa shape index (κ1) is 24.6. The van der Waals surface area contributed by atoms with E-state index in [9.17, 15) is 22.8 Å². The third kappa shape index (κ3) is 5.73. The van der Waals surface area contributed by atoms with Gasteiger partial charge in [0.1, 0.15) is 5.60 Å². The van der Waals surface area contributed by atoms with Crippen LogP contribution < -0.4 is 5.69 Å². The van der Waals surface area contributed by atoms with Gasteiger partial charge >= 0.3 is 18.0 Å². The second kappa shape index (κ2) is 9.24. The molecule has 0 atom stereocenters. The van der Waals surface area contributed by atoms with E-state index in [1.807, 2.05) is 26.8 Å². The maximum Gasteiger partial charge on any atom is 0.410 e. The number of nitrogens with zero attached hydrogens (tertiary/aromatic N) is 4. The average Bonchev–Trinajstić information content (AvgIpc) is 3.07. The number of pyridine rings is 1. The number of amides is 1. The zero-order valence-corrected chi connectivity index (χ0v) is 19.8. The molecule has 11 heteroatoms. The van der Waals surface area contributed by atoms with Crippen LogP contribution in [0, 0.1) is 0 Å². The number of likely N-dealkylation sites (tertiary alicyclic amines) is 2. The highest BCUT2D eigenvalue weighted by Crippen LogP contribution is 2.32. The van der Waals surface area contributed by atoms with Crippen molar-refractivity contribution in [2.24, 2.45) is 0 Å². The van der Waals surface area contributed by atoms with E-state index in [2.05, 4.69) is 9.97 Å². The Balaban J connectivity index is 1.46. The van der Waals surface area contributed by atoms with E-state index in [0.29, 0.717) is 63.0 Å². The molecule has 188 valence electrons. The Labute approximate surface area is 196 Å². The summed E-state index contributed by atoms with van der Waals surface area (Å²) in [6.45, 7) is 6.34. The average molecular weight is 484 g/mol. The zero-order chi connectivity index (χ0) is 24.7. The molecule has 0 unspecified atom stereocenters. The largest absolute Gasteiger partial charge is 0.444 e. The molecule has 0 bridgehead atoms. The lowest BCUT2D eigenvalue weighted by molar-refractivity contribution is -0.147. The Hall–Kier alpha value is -2.56. The fourth-order valence-electron chi connectivity index (χ4n) is 4.92. The van der Waals surface area contributed by atoms with Crippen molar-refractivity contribution in [3.8, 4) is 0 Å². The molecule has 2 saturated heterocycles. The summed E-state index contributed by atoms with van der Waals surface area (Å²) in [5.74, 6) is 0.105. The van der Waals surface area contributed by atoms with Crippen LogP contribution in [0.4, 0.5) is 18.0 Å². The summed E-state index contributed by atoms with van der Waals surface area (Å²) in [5.41, 5.74) is 1.34. The number of ether oxygens (including phenoxy) is 1. The van der Waals surface area contributed by atoms with Crippen molar-refractivity contribution in [1.29, 1.82) is 0 Å². The number of piperidine rings is 2. The number of fused-ring (bicyclic) bond motifs is 1. The molecule has 4 rings (SSSR count). The number of imidazole rings is 1. The van der Waals surface area contributed by atoms with E-state index in [1.165, 1.54) is 4.90 Å². The first-order valence-electron chi connectivity index (χ1n) is 11.8. The molecule has 2 aromatic rings. The molecular weight excluding hydrogens is 451 g/mol. The second-order valence-corrected chi connectivity index (χ2v) is 10.3. The summed E-state index contributed by atoms with van der Waals surface area (Å²) < 4.78 is 45.2. The monoisotopic (exact) mass is 483 g/mol. The Kier molecular flexibility index (Phi) is 6.67. The Morgan fingerprint density at radius 3 is 2.35 bits per heavy atom. The van der Waals surface area contributed by atoms with E-state index >= 15 is 0 Å². The van der Waals surface area contributed by atoms with Gasteiger partial charge in [-0.1, -0.05) is 0 Å². The molecule has 2 fully saturated rings. The Bertz CT molecular complexity index is 1070. The maximum atomic E-state index is 12.8. The maximum absolute atomic E-state index is 12.8. The van der Waals surface area contributed by atoms with Gasteiger partial charge in [0, 0.05) is 25.3 Å². The van der Waals surface area contributed by atoms with Crippen LogP contribution in [0.2, 0.25) is 0 Å². The van der Waals surface area contributed by atoms with Gasteiger partial charge in [-0.15, -0.1) is 0 Å². The lowest BCUT2D eigenvalue weighted by Crippen LogP contribution is -2.43. The van der Waals surface area contributed by atoms with Crippen LogP contribution in [-0.2, 0) is 4.74 Å². The summed E-state index contributed by atoms with van der Waals surface area (Å²) in [7, 11) is 0. The van der Waals surface area contributed by atoms with Gasteiger partial charge in [-0.2, -0.15) is 13.2 Å². The molecule has 1 amide bonds. The lowest BCUT2D eigenvalue weighted by atomic mass is 9.90. The lowest BCUT2D eigenvalue weighted by Gasteiger charge is -2.34. The molecular formula is C23H32F3N5O3. The van der Waals surface area contributed by atoms with E-state index in [0.717, 1.165) is 5.56 Å². The summed E-state index contributed by atoms with van der Waals surface area (Å²) in [4.78, 5) is 35.5. The van der Waals surface area contributed by atoms with Gasteiger partial charge in [-0.3, -0.25) is 14.5 Å². The van der Waals surface area contributed by atoms with Gasteiger partial charge in [0.15, 0.2) is 5.65 Å². The van der Waals surface area contributed by atoms with Gasteiger partial charge in [-0.25, -0.2) is 14.6 Å². The quantitative estimate of drug-likeness (QED) is 0.713. The van der Waals surface area contributed by atoms with Crippen LogP contribution >= 0.6 is 0 Å². The highest BCUT2D eigenvalue weighted by molar-refractivity contribution is 5.72. The number of rotatable bonds is 3. The first-order chi connectivity index (χ1) is 15.9. The van der Waals surface area contributed by atoms with E-state index in [1.54, 1.807) is 15.7 Å². The summed E-state index contributed by atoms with van der Waals surface area (Å²) >= 11 is 0. The number of aromatic amines is 1. The van der Waals surface area contributed by atoms with Gasteiger partial charge < -0.3 is 9.64 Å². The number of carbonyl (C=O) groups excluding carboxylic acids is 1.